The number of amides is 1. The molecule has 5 N–H and O–H groups in total. The molecule has 1 amide bonds. The molecule has 12 heteroatoms. The van der Waals surface area contributed by atoms with Gasteiger partial charge in [-0.2, -0.15) is 0 Å². The Hall–Kier alpha value is -4.29. The van der Waals surface area contributed by atoms with Crippen LogP contribution in [-0.2, 0) is 36.8 Å². The Balaban J connectivity index is 0.000000796. The van der Waals surface area contributed by atoms with E-state index in [0.717, 1.165) is 82.1 Å². The van der Waals surface area contributed by atoms with E-state index in [1.165, 1.54) is 0 Å². The van der Waals surface area contributed by atoms with Gasteiger partial charge in [-0.15, -0.1) is 0 Å². The molecule has 0 radical (unpaired) electrons. The number of nitrogens with zero attached hydrogens (tertiary/aromatic N) is 3. The number of hydrogen-bond donors (Lipinski definition) is 4. The maximum absolute atomic E-state index is 11.8. The molecular formula is C41H67N7O5. The van der Waals surface area contributed by atoms with Crippen molar-refractivity contribution in [3.63, 3.8) is 0 Å². The average molecular weight is 738 g/mol. The summed E-state index contributed by atoms with van der Waals surface area (Å²) in [7, 11) is 4.08. The minimum Gasteiger partial charge on any atom is -0.352 e. The van der Waals surface area contributed by atoms with Crippen LogP contribution in [-0.4, -0.2) is 87.1 Å². The molecule has 0 aliphatic rings. The van der Waals surface area contributed by atoms with Gasteiger partial charge in [0.05, 0.1) is 18.7 Å². The number of Topliss-reactive ketones (excluding diaryl/α,β-unsaturated/α-hetero) is 4. The number of carbonyl (C=O) groups is 5. The Morgan fingerprint density at radius 3 is 1.74 bits per heavy atom. The lowest BCUT2D eigenvalue weighted by atomic mass is 10.0. The number of ketones is 4. The minimum absolute atomic E-state index is 0.0610. The summed E-state index contributed by atoms with van der Waals surface area (Å²) in [5.74, 6) is 0.595. The molecule has 2 aromatic rings. The molecular weight excluding hydrogens is 670 g/mol. The first-order valence-corrected chi connectivity index (χ1v) is 18.8. The third-order valence-electron chi connectivity index (χ3n) is 8.21. The maximum atomic E-state index is 11.8. The zero-order valence-electron chi connectivity index (χ0n) is 33.2. The van der Waals surface area contributed by atoms with E-state index < -0.39 is 6.04 Å². The van der Waals surface area contributed by atoms with Crippen molar-refractivity contribution in [3.05, 3.63) is 72.9 Å². The smallest absolute Gasteiger partial charge is 0.246 e. The van der Waals surface area contributed by atoms with Gasteiger partial charge >= 0.3 is 0 Å². The molecule has 0 aliphatic carbocycles. The molecule has 0 aliphatic heterocycles. The Morgan fingerprint density at radius 1 is 0.698 bits per heavy atom. The number of imidazole rings is 2. The second-order valence-corrected chi connectivity index (χ2v) is 13.9. The van der Waals surface area contributed by atoms with Crippen molar-refractivity contribution in [1.82, 2.24) is 30.2 Å². The van der Waals surface area contributed by atoms with Crippen LogP contribution in [0.1, 0.15) is 122 Å². The van der Waals surface area contributed by atoms with Gasteiger partial charge in [-0.1, -0.05) is 32.6 Å². The van der Waals surface area contributed by atoms with Crippen molar-refractivity contribution in [2.24, 2.45) is 5.73 Å². The van der Waals surface area contributed by atoms with Gasteiger partial charge in [0, 0.05) is 74.4 Å². The van der Waals surface area contributed by atoms with Crippen LogP contribution in [0, 0.1) is 0 Å². The first-order valence-electron chi connectivity index (χ1n) is 18.8. The number of H-pyrrole nitrogens is 2. The molecule has 0 spiro atoms. The number of unbranched alkanes of at least 4 members (excludes halogenated alkanes) is 5. The SMILES string of the molecule is C=C(C)C(=O)CCCCCC(=O)C(N)Cc1cnc[nH]1.C=C(C)C(=O)CCCCN(C)C.C=C(C)C(=O)NCCCCCC(=O)CCCc1cnc[nH]1. The normalized spacial score (nSPS) is 11.0. The number of allylic oxidation sites excluding steroid dienone is 2. The number of rotatable bonds is 27. The van der Waals surface area contributed by atoms with Crippen molar-refractivity contribution < 1.29 is 24.0 Å². The van der Waals surface area contributed by atoms with E-state index in [2.05, 4.69) is 49.9 Å². The molecule has 0 aromatic carbocycles. The van der Waals surface area contributed by atoms with Crippen LogP contribution in [0.5, 0.6) is 0 Å². The van der Waals surface area contributed by atoms with Crippen LogP contribution < -0.4 is 11.1 Å². The molecule has 1 atom stereocenters. The zero-order valence-corrected chi connectivity index (χ0v) is 33.2. The molecule has 0 saturated carbocycles. The summed E-state index contributed by atoms with van der Waals surface area (Å²) in [5, 5.41) is 2.79. The van der Waals surface area contributed by atoms with Gasteiger partial charge in [-0.05, 0) is 104 Å². The van der Waals surface area contributed by atoms with E-state index >= 15 is 0 Å². The Kier molecular flexibility index (Phi) is 27.8. The van der Waals surface area contributed by atoms with Crippen molar-refractivity contribution in [1.29, 1.82) is 0 Å². The van der Waals surface area contributed by atoms with Crippen molar-refractivity contribution >= 4 is 29.0 Å². The minimum atomic E-state index is -0.479. The van der Waals surface area contributed by atoms with Crippen LogP contribution >= 0.6 is 0 Å². The second-order valence-electron chi connectivity index (χ2n) is 13.9. The molecule has 2 heterocycles. The fourth-order valence-corrected chi connectivity index (χ4v) is 4.83. The topological polar surface area (TPSA) is 184 Å². The number of nitrogens with two attached hydrogens (primary N) is 1. The summed E-state index contributed by atoms with van der Waals surface area (Å²) in [6.07, 6.45) is 19.1. The van der Waals surface area contributed by atoms with Crippen LogP contribution in [0.15, 0.2) is 61.5 Å². The van der Waals surface area contributed by atoms with Gasteiger partial charge < -0.3 is 25.9 Å². The number of aromatic nitrogens is 4. The predicted octanol–water partition coefficient (Wildman–Crippen LogP) is 6.36. The summed E-state index contributed by atoms with van der Waals surface area (Å²) >= 11 is 0. The molecule has 2 aromatic heterocycles. The highest BCUT2D eigenvalue weighted by atomic mass is 16.2. The first-order chi connectivity index (χ1) is 25.1. The van der Waals surface area contributed by atoms with Gasteiger partial charge in [0.15, 0.2) is 11.6 Å². The fraction of sp³-hybridized carbons (Fsp3) is 0.585. The number of hydrogen-bond acceptors (Lipinski definition) is 9. The third kappa shape index (κ3) is 28.0. The molecule has 2 rings (SSSR count). The van der Waals surface area contributed by atoms with Crippen molar-refractivity contribution in [2.75, 3.05) is 27.2 Å². The van der Waals surface area contributed by atoms with Crippen LogP contribution in [0.25, 0.3) is 0 Å². The third-order valence-corrected chi connectivity index (χ3v) is 8.21. The summed E-state index contributed by atoms with van der Waals surface area (Å²) < 4.78 is 0. The monoisotopic (exact) mass is 738 g/mol. The highest BCUT2D eigenvalue weighted by molar-refractivity contribution is 5.94. The van der Waals surface area contributed by atoms with Gasteiger partial charge in [-0.3, -0.25) is 24.0 Å². The summed E-state index contributed by atoms with van der Waals surface area (Å²) in [6, 6.07) is -0.479. The van der Waals surface area contributed by atoms with E-state index in [1.54, 1.807) is 45.8 Å². The Bertz CT molecular complexity index is 1380. The molecule has 296 valence electrons. The van der Waals surface area contributed by atoms with Gasteiger partial charge in [0.2, 0.25) is 5.91 Å². The standard InChI is InChI=1S/C16H25N3O2.C15H23N3O2.C10H19NO/c1-13(2)16(21)18-10-5-3-4-8-15(20)9-6-7-14-11-17-12-19-14;1-11(2)14(19)6-4-3-5-7-15(20)13(16)8-12-9-17-10-18-12;1-9(2)10(12)7-5-6-8-11(3)4/h11-12H,1,3-10H2,2H3,(H,17,19)(H,18,21);9-10,13H,1,3-8,16H2,2H3,(H,17,18);1,5-8H2,2-4H3. The maximum Gasteiger partial charge on any atom is 0.246 e. The van der Waals surface area contributed by atoms with E-state index in [0.29, 0.717) is 67.6 Å². The lowest BCUT2D eigenvalue weighted by Gasteiger charge is -2.09. The van der Waals surface area contributed by atoms with Gasteiger partial charge in [0.25, 0.3) is 0 Å². The van der Waals surface area contributed by atoms with Crippen LogP contribution in [0.3, 0.4) is 0 Å². The number of aryl methyl sites for hydroxylation is 1. The van der Waals surface area contributed by atoms with E-state index in [1.807, 2.05) is 14.1 Å². The van der Waals surface area contributed by atoms with Crippen LogP contribution in [0.2, 0.25) is 0 Å². The lowest BCUT2D eigenvalue weighted by Crippen LogP contribution is -2.32. The van der Waals surface area contributed by atoms with Gasteiger partial charge in [0.1, 0.15) is 11.6 Å². The highest BCUT2D eigenvalue weighted by Gasteiger charge is 2.14. The average Bonchev–Trinajstić information content (AvgIpc) is 3.83. The lowest BCUT2D eigenvalue weighted by molar-refractivity contribution is -0.120. The summed E-state index contributed by atoms with van der Waals surface area (Å²) in [6.45, 7) is 17.7. The van der Waals surface area contributed by atoms with Crippen molar-refractivity contribution in [2.45, 2.75) is 130 Å². The zero-order chi connectivity index (χ0) is 40.0. The molecule has 0 fully saturated rings. The van der Waals surface area contributed by atoms with E-state index in [4.69, 9.17) is 5.73 Å². The molecule has 1 unspecified atom stereocenters. The van der Waals surface area contributed by atoms with E-state index in [-0.39, 0.29) is 23.3 Å². The molecule has 0 bridgehead atoms. The van der Waals surface area contributed by atoms with Gasteiger partial charge in [-0.25, -0.2) is 9.97 Å². The Morgan fingerprint density at radius 2 is 1.21 bits per heavy atom. The number of nitrogens with one attached hydrogen (secondary N) is 3. The van der Waals surface area contributed by atoms with Crippen molar-refractivity contribution in [3.8, 4) is 0 Å². The summed E-state index contributed by atoms with van der Waals surface area (Å²) in [4.78, 5) is 73.1. The first kappa shape index (κ1) is 48.7. The van der Waals surface area contributed by atoms with E-state index in [9.17, 15) is 24.0 Å². The largest absolute Gasteiger partial charge is 0.352 e. The molecule has 12 nitrogen and oxygen atoms in total. The fourth-order valence-electron chi connectivity index (χ4n) is 4.83. The second kappa shape index (κ2) is 30.2. The molecule has 0 saturated heterocycles. The van der Waals surface area contributed by atoms with Crippen LogP contribution in [0.4, 0.5) is 0 Å². The Labute approximate surface area is 318 Å². The highest BCUT2D eigenvalue weighted by Crippen LogP contribution is 2.09. The number of carbonyl (C=O) groups excluding carboxylic acids is 5. The summed E-state index contributed by atoms with van der Waals surface area (Å²) in [5.41, 5.74) is 9.61. The predicted molar refractivity (Wildman–Crippen MR) is 213 cm³/mol. The molecule has 53 heavy (non-hydrogen) atoms. The quantitative estimate of drug-likeness (QED) is 0.0598. The number of aromatic amines is 2.